The zero-order chi connectivity index (χ0) is 13.3. The van der Waals surface area contributed by atoms with Crippen LogP contribution in [0.25, 0.3) is 0 Å². The van der Waals surface area contributed by atoms with Gasteiger partial charge in [0.1, 0.15) is 4.88 Å². The van der Waals surface area contributed by atoms with Gasteiger partial charge in [0.15, 0.2) is 0 Å². The molecule has 2 rings (SSSR count). The maximum absolute atomic E-state index is 12.5. The first-order chi connectivity index (χ1) is 8.52. The van der Waals surface area contributed by atoms with E-state index < -0.39 is 0 Å². The molecule has 1 fully saturated rings. The van der Waals surface area contributed by atoms with Crippen molar-refractivity contribution >= 4 is 34.6 Å². The quantitative estimate of drug-likeness (QED) is 0.853. The molecule has 0 bridgehead atoms. The number of hydrogen-bond acceptors (Lipinski definition) is 5. The molecule has 0 spiro atoms. The summed E-state index contributed by atoms with van der Waals surface area (Å²) < 4.78 is 3.89. The van der Waals surface area contributed by atoms with E-state index in [0.717, 1.165) is 30.1 Å². The van der Waals surface area contributed by atoms with Gasteiger partial charge in [-0.05, 0) is 30.3 Å². The summed E-state index contributed by atoms with van der Waals surface area (Å²) in [5, 5.41) is 4.03. The molecule has 1 aliphatic rings. The average molecular weight is 284 g/mol. The Morgan fingerprint density at radius 1 is 1.61 bits per heavy atom. The lowest BCUT2D eigenvalue weighted by Gasteiger charge is -2.23. The monoisotopic (exact) mass is 284 g/mol. The molecule has 2 N–H and O–H groups in total. The molecule has 1 unspecified atom stereocenters. The zero-order valence-corrected chi connectivity index (χ0v) is 12.1. The van der Waals surface area contributed by atoms with E-state index in [2.05, 4.69) is 9.59 Å². The Morgan fingerprint density at radius 2 is 2.33 bits per heavy atom. The maximum atomic E-state index is 12.5. The number of thiocarbonyl (C=S) groups is 1. The number of nitrogens with two attached hydrogens (primary N) is 1. The predicted octanol–water partition coefficient (Wildman–Crippen LogP) is 1.55. The fourth-order valence-electron chi connectivity index (χ4n) is 2.16. The third kappa shape index (κ3) is 2.37. The minimum atomic E-state index is -0.116. The first-order valence-corrected chi connectivity index (χ1v) is 7.13. The summed E-state index contributed by atoms with van der Waals surface area (Å²) in [6.07, 6.45) is 1.79. The lowest BCUT2D eigenvalue weighted by Crippen LogP contribution is -2.42. The number of carbonyl (C=O) groups excluding carboxylic acids is 1. The van der Waals surface area contributed by atoms with Crippen LogP contribution in [0.2, 0.25) is 0 Å². The molecule has 18 heavy (non-hydrogen) atoms. The van der Waals surface area contributed by atoms with Crippen molar-refractivity contribution in [2.24, 2.45) is 5.73 Å². The highest BCUT2D eigenvalue weighted by Crippen LogP contribution is 2.26. The van der Waals surface area contributed by atoms with Crippen LogP contribution in [0.4, 0.5) is 0 Å². The highest BCUT2D eigenvalue weighted by Gasteiger charge is 2.33. The number of amides is 1. The van der Waals surface area contributed by atoms with Crippen molar-refractivity contribution < 1.29 is 4.79 Å². The summed E-state index contributed by atoms with van der Waals surface area (Å²) in [5.74, 6) is 0.151. The van der Waals surface area contributed by atoms with Crippen LogP contribution in [-0.4, -0.2) is 38.0 Å². The van der Waals surface area contributed by atoms with Crippen LogP contribution in [0.3, 0.4) is 0 Å². The predicted molar refractivity (Wildman–Crippen MR) is 74.8 cm³/mol. The third-order valence-corrected chi connectivity index (χ3v) is 4.10. The second-order valence-electron chi connectivity index (χ2n) is 4.70. The second-order valence-corrected chi connectivity index (χ2v) is 5.93. The minimum absolute atomic E-state index is 0.0380. The van der Waals surface area contributed by atoms with Gasteiger partial charge in [-0.25, -0.2) is 0 Å². The molecule has 5 nitrogen and oxygen atoms in total. The topological polar surface area (TPSA) is 72.1 Å². The van der Waals surface area contributed by atoms with E-state index in [9.17, 15) is 4.79 Å². The van der Waals surface area contributed by atoms with Crippen molar-refractivity contribution in [3.8, 4) is 0 Å². The van der Waals surface area contributed by atoms with E-state index in [1.165, 1.54) is 0 Å². The number of hydrogen-bond donors (Lipinski definition) is 1. The lowest BCUT2D eigenvalue weighted by molar-refractivity contribution is 0.0773. The van der Waals surface area contributed by atoms with Crippen molar-refractivity contribution in [3.63, 3.8) is 0 Å². The highest BCUT2D eigenvalue weighted by molar-refractivity contribution is 7.80. The van der Waals surface area contributed by atoms with Crippen LogP contribution >= 0.6 is 23.8 Å². The first kappa shape index (κ1) is 13.4. The molecule has 7 heteroatoms. The number of carbonyl (C=O) groups is 1. The van der Waals surface area contributed by atoms with Gasteiger partial charge in [0.05, 0.1) is 16.7 Å². The first-order valence-electron chi connectivity index (χ1n) is 5.95. The summed E-state index contributed by atoms with van der Waals surface area (Å²) in [4.78, 5) is 15.3. The number of aromatic nitrogens is 2. The van der Waals surface area contributed by atoms with Crippen molar-refractivity contribution in [1.29, 1.82) is 0 Å². The highest BCUT2D eigenvalue weighted by atomic mass is 32.1. The van der Waals surface area contributed by atoms with Gasteiger partial charge in [-0.1, -0.05) is 30.6 Å². The minimum Gasteiger partial charge on any atom is -0.392 e. The molecule has 0 saturated carbocycles. The van der Waals surface area contributed by atoms with Gasteiger partial charge in [-0.15, -0.1) is 5.10 Å². The molecule has 0 radical (unpaired) electrons. The van der Waals surface area contributed by atoms with Crippen LogP contribution in [0, 0.1) is 0 Å². The van der Waals surface area contributed by atoms with E-state index in [-0.39, 0.29) is 17.9 Å². The molecule has 1 saturated heterocycles. The Kier molecular flexibility index (Phi) is 3.91. The van der Waals surface area contributed by atoms with E-state index in [1.54, 1.807) is 4.90 Å². The van der Waals surface area contributed by atoms with Crippen LogP contribution in [-0.2, 0) is 0 Å². The molecule has 98 valence electrons. The Bertz CT molecular complexity index is 471. The molecule has 1 aliphatic heterocycles. The smallest absolute Gasteiger partial charge is 0.268 e. The summed E-state index contributed by atoms with van der Waals surface area (Å²) in [6, 6.07) is -0.116. The summed E-state index contributed by atoms with van der Waals surface area (Å²) in [5.41, 5.74) is 6.45. The molecule has 1 aromatic rings. The SMILES string of the molecule is CC(C)c1nnsc1C(=O)N1CCCC1C(N)=S. The number of nitrogens with zero attached hydrogens (tertiary/aromatic N) is 3. The Balaban J connectivity index is 2.25. The number of rotatable bonds is 3. The van der Waals surface area contributed by atoms with Gasteiger partial charge >= 0.3 is 0 Å². The molecule has 0 aromatic carbocycles. The lowest BCUT2D eigenvalue weighted by atomic mass is 10.1. The van der Waals surface area contributed by atoms with Gasteiger partial charge in [0.25, 0.3) is 5.91 Å². The maximum Gasteiger partial charge on any atom is 0.268 e. The Morgan fingerprint density at radius 3 is 2.94 bits per heavy atom. The second kappa shape index (κ2) is 5.27. The molecular weight excluding hydrogens is 268 g/mol. The van der Waals surface area contributed by atoms with Crippen molar-refractivity contribution in [2.45, 2.75) is 38.6 Å². The normalized spacial score (nSPS) is 19.5. The zero-order valence-electron chi connectivity index (χ0n) is 10.4. The van der Waals surface area contributed by atoms with Crippen LogP contribution in [0.1, 0.15) is 48.0 Å². The van der Waals surface area contributed by atoms with Gasteiger partial charge < -0.3 is 10.6 Å². The van der Waals surface area contributed by atoms with Crippen LogP contribution in [0.5, 0.6) is 0 Å². The molecule has 2 heterocycles. The fraction of sp³-hybridized carbons (Fsp3) is 0.636. The average Bonchev–Trinajstić information content (AvgIpc) is 2.97. The van der Waals surface area contributed by atoms with E-state index >= 15 is 0 Å². The van der Waals surface area contributed by atoms with Gasteiger partial charge in [-0.3, -0.25) is 4.79 Å². The molecule has 0 aliphatic carbocycles. The standard InChI is InChI=1S/C11H16N4OS2/c1-6(2)8-9(18-14-13-8)11(16)15-5-3-4-7(15)10(12)17/h6-7H,3-5H2,1-2H3,(H2,12,17). The Labute approximate surface area is 116 Å². The van der Waals surface area contributed by atoms with Crippen molar-refractivity contribution in [3.05, 3.63) is 10.6 Å². The summed E-state index contributed by atoms with van der Waals surface area (Å²) >= 11 is 6.17. The molecular formula is C11H16N4OS2. The van der Waals surface area contributed by atoms with Crippen LogP contribution < -0.4 is 5.73 Å². The van der Waals surface area contributed by atoms with Crippen molar-refractivity contribution in [1.82, 2.24) is 14.5 Å². The largest absolute Gasteiger partial charge is 0.392 e. The van der Waals surface area contributed by atoms with Gasteiger partial charge in [0, 0.05) is 6.54 Å². The summed E-state index contributed by atoms with van der Waals surface area (Å²) in [7, 11) is 0. The fourth-order valence-corrected chi connectivity index (χ4v) is 3.18. The van der Waals surface area contributed by atoms with Gasteiger partial charge in [0.2, 0.25) is 0 Å². The van der Waals surface area contributed by atoms with Crippen LogP contribution in [0.15, 0.2) is 0 Å². The molecule has 1 amide bonds. The summed E-state index contributed by atoms with van der Waals surface area (Å²) in [6.45, 7) is 4.71. The number of likely N-dealkylation sites (tertiary alicyclic amines) is 1. The van der Waals surface area contributed by atoms with E-state index in [1.807, 2.05) is 13.8 Å². The van der Waals surface area contributed by atoms with Gasteiger partial charge in [-0.2, -0.15) is 0 Å². The molecule has 1 aromatic heterocycles. The third-order valence-electron chi connectivity index (χ3n) is 3.10. The Hall–Kier alpha value is -1.08. The van der Waals surface area contributed by atoms with E-state index in [0.29, 0.717) is 16.4 Å². The molecule has 1 atom stereocenters. The van der Waals surface area contributed by atoms with Crippen molar-refractivity contribution in [2.75, 3.05) is 6.54 Å². The van der Waals surface area contributed by atoms with E-state index in [4.69, 9.17) is 18.0 Å².